The monoisotopic (exact) mass is 443 g/mol. The number of hydrogen-bond acceptors (Lipinski definition) is 6. The van der Waals surface area contributed by atoms with E-state index in [0.717, 1.165) is 16.1 Å². The van der Waals surface area contributed by atoms with E-state index in [9.17, 15) is 9.18 Å². The van der Waals surface area contributed by atoms with Gasteiger partial charge in [-0.2, -0.15) is 0 Å². The molecule has 0 unspecified atom stereocenters. The summed E-state index contributed by atoms with van der Waals surface area (Å²) in [6.07, 6.45) is 0.174. The van der Waals surface area contributed by atoms with Crippen LogP contribution in [-0.4, -0.2) is 50.7 Å². The normalized spacial score (nSPS) is 11.9. The Morgan fingerprint density at radius 1 is 1.16 bits per heavy atom. The van der Waals surface area contributed by atoms with E-state index in [4.69, 9.17) is 9.47 Å². The number of aromatic nitrogens is 1. The van der Waals surface area contributed by atoms with Crippen LogP contribution in [0.25, 0.3) is 10.6 Å². The fourth-order valence-corrected chi connectivity index (χ4v) is 4.06. The summed E-state index contributed by atoms with van der Waals surface area (Å²) in [5.74, 6) is 0.853. The first-order chi connectivity index (χ1) is 14.9. The second kappa shape index (κ2) is 10.4. The predicted molar refractivity (Wildman–Crippen MR) is 120 cm³/mol. The molecule has 0 bridgehead atoms. The number of carbonyl (C=O) groups excluding carboxylic acids is 1. The summed E-state index contributed by atoms with van der Waals surface area (Å²) >= 11 is 1.47. The highest BCUT2D eigenvalue weighted by molar-refractivity contribution is 7.13. The maximum atomic E-state index is 13.6. The van der Waals surface area contributed by atoms with Gasteiger partial charge in [0.25, 0.3) is 0 Å². The Balaban J connectivity index is 1.63. The summed E-state index contributed by atoms with van der Waals surface area (Å²) in [7, 11) is 6.98. The molecule has 0 aliphatic rings. The quantitative estimate of drug-likeness (QED) is 0.543. The molecule has 0 saturated carbocycles. The standard InChI is InChI=1S/C23H26FN3O3S/c1-27(2)19(15-6-5-7-17(24)10-15)13-25-22(28)12-18-14-31-23(26-18)16-8-9-20(29-3)21(11-16)30-4/h5-11,14,19H,12-13H2,1-4H3,(H,25,28)/t19-/m1/s1. The van der Waals surface area contributed by atoms with Crippen molar-refractivity contribution >= 4 is 17.2 Å². The fourth-order valence-electron chi connectivity index (χ4n) is 3.24. The molecular formula is C23H26FN3O3S. The summed E-state index contributed by atoms with van der Waals surface area (Å²) in [6, 6.07) is 11.9. The van der Waals surface area contributed by atoms with Crippen LogP contribution in [0.2, 0.25) is 0 Å². The van der Waals surface area contributed by atoms with Crippen molar-refractivity contribution in [1.29, 1.82) is 0 Å². The molecule has 0 radical (unpaired) electrons. The number of rotatable bonds is 9. The Bertz CT molecular complexity index is 1040. The molecule has 1 heterocycles. The SMILES string of the molecule is COc1ccc(-c2nc(CC(=O)NC[C@H](c3cccc(F)c3)N(C)C)cs2)cc1OC. The number of nitrogens with one attached hydrogen (secondary N) is 1. The van der Waals surface area contributed by atoms with Gasteiger partial charge in [0.15, 0.2) is 11.5 Å². The lowest BCUT2D eigenvalue weighted by molar-refractivity contribution is -0.120. The second-order valence-corrected chi connectivity index (χ2v) is 8.09. The fraction of sp³-hybridized carbons (Fsp3) is 0.304. The molecule has 31 heavy (non-hydrogen) atoms. The van der Waals surface area contributed by atoms with Crippen molar-refractivity contribution in [3.05, 3.63) is 64.9 Å². The zero-order valence-corrected chi connectivity index (χ0v) is 18.8. The number of amides is 1. The Hall–Kier alpha value is -2.97. The van der Waals surface area contributed by atoms with Crippen molar-refractivity contribution in [1.82, 2.24) is 15.2 Å². The van der Waals surface area contributed by atoms with Crippen molar-refractivity contribution < 1.29 is 18.7 Å². The number of likely N-dealkylation sites (N-methyl/N-ethyl adjacent to an activating group) is 1. The lowest BCUT2D eigenvalue weighted by atomic mass is 10.1. The molecule has 0 aliphatic carbocycles. The molecule has 1 N–H and O–H groups in total. The van der Waals surface area contributed by atoms with E-state index in [0.29, 0.717) is 23.7 Å². The van der Waals surface area contributed by atoms with Gasteiger partial charge in [-0.15, -0.1) is 11.3 Å². The molecule has 1 atom stereocenters. The number of nitrogens with zero attached hydrogens (tertiary/aromatic N) is 2. The Morgan fingerprint density at radius 2 is 1.94 bits per heavy atom. The largest absolute Gasteiger partial charge is 0.493 e. The minimum Gasteiger partial charge on any atom is -0.493 e. The molecule has 0 spiro atoms. The van der Waals surface area contributed by atoms with Gasteiger partial charge >= 0.3 is 0 Å². The van der Waals surface area contributed by atoms with Crippen LogP contribution in [0.1, 0.15) is 17.3 Å². The lowest BCUT2D eigenvalue weighted by Crippen LogP contribution is -2.35. The topological polar surface area (TPSA) is 63.7 Å². The van der Waals surface area contributed by atoms with Crippen LogP contribution >= 0.6 is 11.3 Å². The van der Waals surface area contributed by atoms with Crippen LogP contribution in [0.3, 0.4) is 0 Å². The van der Waals surface area contributed by atoms with Gasteiger partial charge < -0.3 is 19.7 Å². The van der Waals surface area contributed by atoms with Crippen LogP contribution in [0.15, 0.2) is 47.8 Å². The van der Waals surface area contributed by atoms with Crippen molar-refractivity contribution in [3.63, 3.8) is 0 Å². The molecule has 3 aromatic rings. The molecule has 3 rings (SSSR count). The molecule has 2 aromatic carbocycles. The number of ether oxygens (including phenoxy) is 2. The third-order valence-electron chi connectivity index (χ3n) is 4.87. The summed E-state index contributed by atoms with van der Waals surface area (Å²) in [6.45, 7) is 0.377. The first-order valence-electron chi connectivity index (χ1n) is 9.76. The summed E-state index contributed by atoms with van der Waals surface area (Å²) in [5.41, 5.74) is 2.40. The summed E-state index contributed by atoms with van der Waals surface area (Å²) in [5, 5.41) is 5.62. The first kappa shape index (κ1) is 22.7. The van der Waals surface area contributed by atoms with E-state index in [-0.39, 0.29) is 24.2 Å². The molecule has 8 heteroatoms. The zero-order valence-electron chi connectivity index (χ0n) is 18.0. The highest BCUT2D eigenvalue weighted by Gasteiger charge is 2.17. The third-order valence-corrected chi connectivity index (χ3v) is 5.81. The molecule has 164 valence electrons. The smallest absolute Gasteiger partial charge is 0.226 e. The molecular weight excluding hydrogens is 417 g/mol. The van der Waals surface area contributed by atoms with Crippen LogP contribution in [0.5, 0.6) is 11.5 Å². The van der Waals surface area contributed by atoms with Gasteiger partial charge in [-0.1, -0.05) is 12.1 Å². The number of halogens is 1. The first-order valence-corrected chi connectivity index (χ1v) is 10.6. The van der Waals surface area contributed by atoms with E-state index in [1.807, 2.05) is 48.6 Å². The summed E-state index contributed by atoms with van der Waals surface area (Å²) in [4.78, 5) is 19.0. The molecule has 6 nitrogen and oxygen atoms in total. The van der Waals surface area contributed by atoms with Crippen LogP contribution < -0.4 is 14.8 Å². The maximum Gasteiger partial charge on any atom is 0.226 e. The van der Waals surface area contributed by atoms with E-state index in [1.165, 1.54) is 23.5 Å². The molecule has 0 saturated heterocycles. The van der Waals surface area contributed by atoms with E-state index >= 15 is 0 Å². The molecule has 0 fully saturated rings. The highest BCUT2D eigenvalue weighted by Crippen LogP contribution is 2.33. The van der Waals surface area contributed by atoms with Gasteiger partial charge in [0.05, 0.1) is 32.4 Å². The average Bonchev–Trinajstić information content (AvgIpc) is 3.21. The second-order valence-electron chi connectivity index (χ2n) is 7.23. The lowest BCUT2D eigenvalue weighted by Gasteiger charge is -2.25. The van der Waals surface area contributed by atoms with E-state index < -0.39 is 0 Å². The number of benzene rings is 2. The maximum absolute atomic E-state index is 13.6. The van der Waals surface area contributed by atoms with Gasteiger partial charge in [0, 0.05) is 17.5 Å². The van der Waals surface area contributed by atoms with Crippen molar-refractivity contribution in [2.75, 3.05) is 34.9 Å². The van der Waals surface area contributed by atoms with Gasteiger partial charge in [0.1, 0.15) is 10.8 Å². The minimum atomic E-state index is -0.291. The Kier molecular flexibility index (Phi) is 7.59. The van der Waals surface area contributed by atoms with Crippen LogP contribution in [-0.2, 0) is 11.2 Å². The zero-order chi connectivity index (χ0) is 22.4. The van der Waals surface area contributed by atoms with Gasteiger partial charge in [0.2, 0.25) is 5.91 Å². The predicted octanol–water partition coefficient (Wildman–Crippen LogP) is 3.93. The molecule has 1 amide bonds. The van der Waals surface area contributed by atoms with Crippen LogP contribution in [0.4, 0.5) is 4.39 Å². The van der Waals surface area contributed by atoms with Crippen molar-refractivity contribution in [2.24, 2.45) is 0 Å². The highest BCUT2D eigenvalue weighted by atomic mass is 32.1. The van der Waals surface area contributed by atoms with Crippen molar-refractivity contribution in [2.45, 2.75) is 12.5 Å². The Labute approximate surface area is 185 Å². The Morgan fingerprint density at radius 3 is 2.61 bits per heavy atom. The van der Waals surface area contributed by atoms with Gasteiger partial charge in [-0.3, -0.25) is 4.79 Å². The number of thiazole rings is 1. The number of methoxy groups -OCH3 is 2. The van der Waals surface area contributed by atoms with E-state index in [1.54, 1.807) is 20.3 Å². The third kappa shape index (κ3) is 5.80. The average molecular weight is 444 g/mol. The molecule has 0 aliphatic heterocycles. The molecule has 1 aromatic heterocycles. The number of carbonyl (C=O) groups is 1. The van der Waals surface area contributed by atoms with Gasteiger partial charge in [-0.25, -0.2) is 9.37 Å². The van der Waals surface area contributed by atoms with Crippen LogP contribution in [0, 0.1) is 5.82 Å². The number of hydrogen-bond donors (Lipinski definition) is 1. The van der Waals surface area contributed by atoms with Crippen molar-refractivity contribution in [3.8, 4) is 22.1 Å². The van der Waals surface area contributed by atoms with E-state index in [2.05, 4.69) is 10.3 Å². The minimum absolute atomic E-state index is 0.127. The summed E-state index contributed by atoms with van der Waals surface area (Å²) < 4.78 is 24.2. The van der Waals surface area contributed by atoms with Gasteiger partial charge in [-0.05, 0) is 50.0 Å².